The zero-order valence-electron chi connectivity index (χ0n) is 19.4. The quantitative estimate of drug-likeness (QED) is 0.587. The summed E-state index contributed by atoms with van der Waals surface area (Å²) in [7, 11) is -0.429. The number of aromatic amines is 1. The smallest absolute Gasteiger partial charge is 0.262 e. The van der Waals surface area contributed by atoms with E-state index in [2.05, 4.69) is 10.1 Å². The van der Waals surface area contributed by atoms with Gasteiger partial charge in [-0.3, -0.25) is 4.79 Å². The maximum absolute atomic E-state index is 13.2. The highest BCUT2D eigenvalue weighted by atomic mass is 32.2. The van der Waals surface area contributed by atoms with Gasteiger partial charge in [-0.2, -0.15) is 9.40 Å². The minimum atomic E-state index is -3.69. The third kappa shape index (κ3) is 4.01. The Balaban J connectivity index is 1.56. The van der Waals surface area contributed by atoms with Crippen LogP contribution in [0, 0.1) is 0 Å². The van der Waals surface area contributed by atoms with E-state index < -0.39 is 10.0 Å². The number of ether oxygens (including phenoxy) is 2. The zero-order valence-corrected chi connectivity index (χ0v) is 20.2. The molecule has 1 aliphatic carbocycles. The van der Waals surface area contributed by atoms with Gasteiger partial charge in [0.05, 0.1) is 36.5 Å². The molecule has 0 atom stereocenters. The number of morpholine rings is 1. The van der Waals surface area contributed by atoms with Crippen molar-refractivity contribution in [2.24, 2.45) is 7.05 Å². The Kier molecular flexibility index (Phi) is 6.17. The lowest BCUT2D eigenvalue weighted by molar-refractivity contribution is 0.0730. The van der Waals surface area contributed by atoms with Gasteiger partial charge >= 0.3 is 0 Å². The highest BCUT2D eigenvalue weighted by molar-refractivity contribution is 7.89. The summed E-state index contributed by atoms with van der Waals surface area (Å²) < 4.78 is 40.0. The van der Waals surface area contributed by atoms with E-state index in [0.717, 1.165) is 31.4 Å². The topological polar surface area (TPSA) is 119 Å². The van der Waals surface area contributed by atoms with Gasteiger partial charge in [-0.05, 0) is 25.0 Å². The van der Waals surface area contributed by atoms with Crippen LogP contribution in [0.25, 0.3) is 22.4 Å². The second kappa shape index (κ2) is 9.12. The van der Waals surface area contributed by atoms with E-state index in [1.54, 1.807) is 17.8 Å². The van der Waals surface area contributed by atoms with Crippen LogP contribution in [0.3, 0.4) is 0 Å². The number of rotatable bonds is 5. The zero-order chi connectivity index (χ0) is 23.9. The molecule has 2 aromatic heterocycles. The first kappa shape index (κ1) is 23.0. The first-order chi connectivity index (χ1) is 16.4. The third-order valence-electron chi connectivity index (χ3n) is 6.75. The van der Waals surface area contributed by atoms with Gasteiger partial charge in [-0.1, -0.05) is 19.3 Å². The number of methoxy groups -OCH3 is 1. The van der Waals surface area contributed by atoms with Crippen molar-refractivity contribution in [3.05, 3.63) is 34.2 Å². The second-order valence-electron chi connectivity index (χ2n) is 8.84. The lowest BCUT2D eigenvalue weighted by Gasteiger charge is -2.26. The molecule has 10 nitrogen and oxygen atoms in total. The number of nitrogens with zero attached hydrogens (tertiary/aromatic N) is 4. The number of nitrogens with one attached hydrogen (secondary N) is 1. The summed E-state index contributed by atoms with van der Waals surface area (Å²) in [5.74, 6) is 0.889. The molecule has 182 valence electrons. The molecule has 0 bridgehead atoms. The molecule has 1 aliphatic heterocycles. The van der Waals surface area contributed by atoms with Gasteiger partial charge in [0.1, 0.15) is 17.0 Å². The number of hydrogen-bond donors (Lipinski definition) is 1. The Bertz CT molecular complexity index is 1370. The molecule has 5 rings (SSSR count). The van der Waals surface area contributed by atoms with Crippen LogP contribution in [0.1, 0.15) is 43.7 Å². The molecule has 1 N–H and O–H groups in total. The van der Waals surface area contributed by atoms with Gasteiger partial charge in [0.15, 0.2) is 5.65 Å². The summed E-state index contributed by atoms with van der Waals surface area (Å²) in [5, 5.41) is 5.19. The van der Waals surface area contributed by atoms with Crippen molar-refractivity contribution in [3.63, 3.8) is 0 Å². The summed E-state index contributed by atoms with van der Waals surface area (Å²) in [6.45, 7) is 1.35. The molecule has 2 fully saturated rings. The van der Waals surface area contributed by atoms with Gasteiger partial charge in [0, 0.05) is 32.1 Å². The van der Waals surface area contributed by atoms with E-state index in [9.17, 15) is 13.2 Å². The van der Waals surface area contributed by atoms with Gasteiger partial charge in [-0.25, -0.2) is 18.1 Å². The van der Waals surface area contributed by atoms with Gasteiger partial charge < -0.3 is 14.5 Å². The standard InChI is InChI=1S/C23H29N5O5S/c1-27-22-19(20(26-27)15-6-4-3-5-7-15)23(29)25-21(24-22)17-9-8-16(14-18(17)32-2)34(30,31)28-10-12-33-13-11-28/h8-9,14-15H,3-7,10-13H2,1-2H3,(H,24,25,29). The fourth-order valence-electron chi connectivity index (χ4n) is 4.94. The number of hydrogen-bond acceptors (Lipinski definition) is 7. The molecule has 0 unspecified atom stereocenters. The lowest BCUT2D eigenvalue weighted by Crippen LogP contribution is -2.40. The van der Waals surface area contributed by atoms with E-state index in [4.69, 9.17) is 14.5 Å². The largest absolute Gasteiger partial charge is 0.496 e. The summed E-state index contributed by atoms with van der Waals surface area (Å²) >= 11 is 0. The minimum absolute atomic E-state index is 0.124. The Hall–Kier alpha value is -2.76. The van der Waals surface area contributed by atoms with Crippen molar-refractivity contribution in [2.45, 2.75) is 42.9 Å². The van der Waals surface area contributed by atoms with Crippen molar-refractivity contribution < 1.29 is 17.9 Å². The second-order valence-corrected chi connectivity index (χ2v) is 10.8. The van der Waals surface area contributed by atoms with E-state index in [1.165, 1.54) is 30.0 Å². The maximum Gasteiger partial charge on any atom is 0.262 e. The summed E-state index contributed by atoms with van der Waals surface area (Å²) in [6, 6.07) is 4.61. The fourth-order valence-corrected chi connectivity index (χ4v) is 6.36. The molecule has 1 saturated carbocycles. The van der Waals surface area contributed by atoms with E-state index in [1.807, 2.05) is 0 Å². The van der Waals surface area contributed by atoms with Crippen molar-refractivity contribution >= 4 is 21.1 Å². The van der Waals surface area contributed by atoms with Crippen molar-refractivity contribution in [1.82, 2.24) is 24.1 Å². The maximum atomic E-state index is 13.2. The van der Waals surface area contributed by atoms with Crippen LogP contribution >= 0.6 is 0 Å². The Morgan fingerprint density at radius 2 is 1.88 bits per heavy atom. The van der Waals surface area contributed by atoms with Crippen LogP contribution in [-0.4, -0.2) is 65.9 Å². The Labute approximate surface area is 197 Å². The molecule has 34 heavy (non-hydrogen) atoms. The van der Waals surface area contributed by atoms with Gasteiger partial charge in [-0.15, -0.1) is 0 Å². The average Bonchev–Trinajstić information content (AvgIpc) is 3.21. The van der Waals surface area contributed by atoms with Gasteiger partial charge in [0.25, 0.3) is 5.56 Å². The normalized spacial score (nSPS) is 18.4. The molecule has 1 saturated heterocycles. The molecule has 1 aromatic carbocycles. The van der Waals surface area contributed by atoms with E-state index >= 15 is 0 Å². The number of fused-ring (bicyclic) bond motifs is 1. The molecular weight excluding hydrogens is 458 g/mol. The van der Waals surface area contributed by atoms with Crippen molar-refractivity contribution in [1.29, 1.82) is 0 Å². The highest BCUT2D eigenvalue weighted by Crippen LogP contribution is 2.35. The molecule has 0 amide bonds. The van der Waals surface area contributed by atoms with Gasteiger partial charge in [0.2, 0.25) is 10.0 Å². The summed E-state index contributed by atoms with van der Waals surface area (Å²) in [6.07, 6.45) is 5.56. The van der Waals surface area contributed by atoms with Crippen LogP contribution in [0.4, 0.5) is 0 Å². The summed E-state index contributed by atoms with van der Waals surface area (Å²) in [5.41, 5.74) is 1.58. The average molecular weight is 488 g/mol. The van der Waals surface area contributed by atoms with E-state index in [-0.39, 0.29) is 16.4 Å². The first-order valence-electron chi connectivity index (χ1n) is 11.6. The number of H-pyrrole nitrogens is 1. The molecule has 0 spiro atoms. The SMILES string of the molecule is COc1cc(S(=O)(=O)N2CCOCC2)ccc1-c1nc2c(c(C3CCCCC3)nn2C)c(=O)[nH]1. The Morgan fingerprint density at radius 3 is 2.59 bits per heavy atom. The van der Waals surface area contributed by atoms with E-state index in [0.29, 0.717) is 54.5 Å². The number of sulfonamides is 1. The first-order valence-corrected chi connectivity index (χ1v) is 13.1. The van der Waals surface area contributed by atoms with Crippen LogP contribution in [0.5, 0.6) is 5.75 Å². The predicted octanol–water partition coefficient (Wildman–Crippen LogP) is 2.40. The van der Waals surface area contributed by atoms with Crippen molar-refractivity contribution in [3.8, 4) is 17.1 Å². The minimum Gasteiger partial charge on any atom is -0.496 e. The van der Waals surface area contributed by atoms with Crippen LogP contribution in [0.2, 0.25) is 0 Å². The fraction of sp³-hybridized carbons (Fsp3) is 0.522. The summed E-state index contributed by atoms with van der Waals surface area (Å²) in [4.78, 5) is 20.9. The molecular formula is C23H29N5O5S. The number of aryl methyl sites for hydroxylation is 1. The monoisotopic (exact) mass is 487 g/mol. The number of benzene rings is 1. The third-order valence-corrected chi connectivity index (χ3v) is 8.64. The molecule has 3 aromatic rings. The van der Waals surface area contributed by atoms with Crippen molar-refractivity contribution in [2.75, 3.05) is 33.4 Å². The lowest BCUT2D eigenvalue weighted by atomic mass is 9.86. The van der Waals surface area contributed by atoms with Crippen LogP contribution < -0.4 is 10.3 Å². The Morgan fingerprint density at radius 1 is 1.15 bits per heavy atom. The van der Waals surface area contributed by atoms with Crippen LogP contribution in [0.15, 0.2) is 27.9 Å². The molecule has 3 heterocycles. The number of aromatic nitrogens is 4. The molecule has 11 heteroatoms. The highest BCUT2D eigenvalue weighted by Gasteiger charge is 2.28. The van der Waals surface area contributed by atoms with Crippen LogP contribution in [-0.2, 0) is 21.8 Å². The molecule has 0 radical (unpaired) electrons. The molecule has 2 aliphatic rings. The predicted molar refractivity (Wildman–Crippen MR) is 127 cm³/mol.